The molecule has 0 aromatic carbocycles. The summed E-state index contributed by atoms with van der Waals surface area (Å²) in [6.07, 6.45) is 1.59. The Hall–Kier alpha value is -0.120. The second kappa shape index (κ2) is 2.86. The Kier molecular flexibility index (Phi) is 1.88. The highest BCUT2D eigenvalue weighted by atomic mass is 16.5. The molecule has 2 rings (SSSR count). The lowest BCUT2D eigenvalue weighted by Gasteiger charge is -2.14. The van der Waals surface area contributed by atoms with E-state index in [1.165, 1.54) is 0 Å². The standard InChI is InChI=1S/C7H14N2O/c1-2-9-6-4-8-5-7(6)10-3-1/h6-9H,1-5H2. The molecule has 0 saturated carbocycles. The number of ether oxygens (including phenoxy) is 1. The van der Waals surface area contributed by atoms with Gasteiger partial charge in [-0.15, -0.1) is 0 Å². The first-order valence-corrected chi connectivity index (χ1v) is 4.02. The molecule has 3 nitrogen and oxygen atoms in total. The van der Waals surface area contributed by atoms with E-state index >= 15 is 0 Å². The molecule has 0 radical (unpaired) electrons. The van der Waals surface area contributed by atoms with E-state index in [4.69, 9.17) is 4.74 Å². The van der Waals surface area contributed by atoms with E-state index < -0.39 is 0 Å². The second-order valence-electron chi connectivity index (χ2n) is 2.98. The van der Waals surface area contributed by atoms with Gasteiger partial charge in [-0.3, -0.25) is 0 Å². The van der Waals surface area contributed by atoms with E-state index in [-0.39, 0.29) is 0 Å². The zero-order valence-corrected chi connectivity index (χ0v) is 6.10. The summed E-state index contributed by atoms with van der Waals surface area (Å²) in [4.78, 5) is 0. The minimum atomic E-state index is 0.433. The van der Waals surface area contributed by atoms with Gasteiger partial charge in [0.2, 0.25) is 0 Å². The smallest absolute Gasteiger partial charge is 0.0864 e. The fraction of sp³-hybridized carbons (Fsp3) is 1.00. The van der Waals surface area contributed by atoms with Crippen LogP contribution < -0.4 is 10.6 Å². The summed E-state index contributed by atoms with van der Waals surface area (Å²) in [7, 11) is 0. The molecule has 2 aliphatic heterocycles. The molecule has 10 heavy (non-hydrogen) atoms. The van der Waals surface area contributed by atoms with Gasteiger partial charge in [0.25, 0.3) is 0 Å². The molecular formula is C7H14N2O. The number of rotatable bonds is 0. The summed E-state index contributed by atoms with van der Waals surface area (Å²) in [5.41, 5.74) is 0. The first kappa shape index (κ1) is 6.58. The molecule has 2 saturated heterocycles. The van der Waals surface area contributed by atoms with Gasteiger partial charge in [-0.1, -0.05) is 0 Å². The van der Waals surface area contributed by atoms with Crippen LogP contribution in [0.3, 0.4) is 0 Å². The molecule has 2 atom stereocenters. The SMILES string of the molecule is C1CNC2CNCC2OC1. The zero-order chi connectivity index (χ0) is 6.81. The molecule has 2 heterocycles. The van der Waals surface area contributed by atoms with E-state index in [0.717, 1.165) is 32.7 Å². The second-order valence-corrected chi connectivity index (χ2v) is 2.98. The minimum Gasteiger partial charge on any atom is -0.375 e. The minimum absolute atomic E-state index is 0.433. The Balaban J connectivity index is 1.95. The van der Waals surface area contributed by atoms with Gasteiger partial charge in [0.05, 0.1) is 6.10 Å². The van der Waals surface area contributed by atoms with Crippen molar-refractivity contribution in [2.45, 2.75) is 18.6 Å². The normalized spacial score (nSPS) is 40.8. The Labute approximate surface area is 61.1 Å². The maximum atomic E-state index is 5.60. The Bertz CT molecular complexity index is 106. The van der Waals surface area contributed by atoms with Crippen LogP contribution in [0.25, 0.3) is 0 Å². The van der Waals surface area contributed by atoms with Crippen molar-refractivity contribution in [2.24, 2.45) is 0 Å². The summed E-state index contributed by atoms with van der Waals surface area (Å²) in [5.74, 6) is 0. The van der Waals surface area contributed by atoms with Crippen molar-refractivity contribution in [3.8, 4) is 0 Å². The maximum Gasteiger partial charge on any atom is 0.0864 e. The van der Waals surface area contributed by atoms with E-state index in [9.17, 15) is 0 Å². The van der Waals surface area contributed by atoms with Gasteiger partial charge >= 0.3 is 0 Å². The summed E-state index contributed by atoms with van der Waals surface area (Å²) < 4.78 is 5.60. The molecular weight excluding hydrogens is 128 g/mol. The topological polar surface area (TPSA) is 33.3 Å². The van der Waals surface area contributed by atoms with E-state index in [1.807, 2.05) is 0 Å². The fourth-order valence-electron chi connectivity index (χ4n) is 1.63. The third-order valence-corrected chi connectivity index (χ3v) is 2.22. The summed E-state index contributed by atoms with van der Waals surface area (Å²) in [6.45, 7) is 4.14. The average Bonchev–Trinajstić information content (AvgIpc) is 2.28. The molecule has 58 valence electrons. The molecule has 0 spiro atoms. The number of fused-ring (bicyclic) bond motifs is 1. The predicted octanol–water partition coefficient (Wildman–Crippen LogP) is -0.663. The van der Waals surface area contributed by atoms with Crippen molar-refractivity contribution < 1.29 is 4.74 Å². The van der Waals surface area contributed by atoms with Crippen molar-refractivity contribution in [2.75, 3.05) is 26.2 Å². The highest BCUT2D eigenvalue weighted by Crippen LogP contribution is 2.08. The van der Waals surface area contributed by atoms with Gasteiger partial charge in [0, 0.05) is 25.7 Å². The third-order valence-electron chi connectivity index (χ3n) is 2.22. The molecule has 2 fully saturated rings. The van der Waals surface area contributed by atoms with Crippen LogP contribution in [0.1, 0.15) is 6.42 Å². The molecule has 0 aromatic heterocycles. The van der Waals surface area contributed by atoms with Gasteiger partial charge in [-0.2, -0.15) is 0 Å². The van der Waals surface area contributed by atoms with Crippen molar-refractivity contribution in [3.05, 3.63) is 0 Å². The fourth-order valence-corrected chi connectivity index (χ4v) is 1.63. The van der Waals surface area contributed by atoms with Crippen LogP contribution in [0, 0.1) is 0 Å². The van der Waals surface area contributed by atoms with Crippen LogP contribution in [0.2, 0.25) is 0 Å². The van der Waals surface area contributed by atoms with Crippen molar-refractivity contribution in [3.63, 3.8) is 0 Å². The zero-order valence-electron chi connectivity index (χ0n) is 6.10. The molecule has 2 unspecified atom stereocenters. The number of nitrogens with one attached hydrogen (secondary N) is 2. The average molecular weight is 142 g/mol. The molecule has 0 aromatic rings. The number of hydrogen-bond donors (Lipinski definition) is 2. The monoisotopic (exact) mass is 142 g/mol. The first-order valence-electron chi connectivity index (χ1n) is 4.02. The van der Waals surface area contributed by atoms with E-state index in [1.54, 1.807) is 0 Å². The highest BCUT2D eigenvalue weighted by molar-refractivity contribution is 4.88. The molecule has 0 amide bonds. The van der Waals surface area contributed by atoms with E-state index in [2.05, 4.69) is 10.6 Å². The first-order chi connectivity index (χ1) is 4.97. The molecule has 3 heteroatoms. The largest absolute Gasteiger partial charge is 0.375 e. The Morgan fingerprint density at radius 2 is 2.30 bits per heavy atom. The van der Waals surface area contributed by atoms with Crippen LogP contribution in [0.15, 0.2) is 0 Å². The molecule has 2 N–H and O–H groups in total. The summed E-state index contributed by atoms with van der Waals surface area (Å²) >= 11 is 0. The Morgan fingerprint density at radius 1 is 1.30 bits per heavy atom. The van der Waals surface area contributed by atoms with Crippen molar-refractivity contribution >= 4 is 0 Å². The van der Waals surface area contributed by atoms with Gasteiger partial charge in [-0.25, -0.2) is 0 Å². The molecule has 0 aliphatic carbocycles. The van der Waals surface area contributed by atoms with Gasteiger partial charge < -0.3 is 15.4 Å². The lowest BCUT2D eigenvalue weighted by atomic mass is 10.2. The van der Waals surface area contributed by atoms with Gasteiger partial charge in [-0.05, 0) is 13.0 Å². The van der Waals surface area contributed by atoms with Crippen LogP contribution in [0.4, 0.5) is 0 Å². The Morgan fingerprint density at radius 3 is 3.30 bits per heavy atom. The van der Waals surface area contributed by atoms with Crippen LogP contribution in [0.5, 0.6) is 0 Å². The third kappa shape index (κ3) is 1.17. The van der Waals surface area contributed by atoms with Crippen LogP contribution in [-0.4, -0.2) is 38.4 Å². The summed E-state index contributed by atoms with van der Waals surface area (Å²) in [6, 6.07) is 0.572. The maximum absolute atomic E-state index is 5.60. The lowest BCUT2D eigenvalue weighted by molar-refractivity contribution is 0.0656. The molecule has 0 bridgehead atoms. The number of hydrogen-bond acceptors (Lipinski definition) is 3. The van der Waals surface area contributed by atoms with E-state index in [0.29, 0.717) is 12.1 Å². The van der Waals surface area contributed by atoms with Crippen LogP contribution in [-0.2, 0) is 4.74 Å². The summed E-state index contributed by atoms with van der Waals surface area (Å²) in [5, 5.41) is 6.76. The van der Waals surface area contributed by atoms with Gasteiger partial charge in [0.1, 0.15) is 0 Å². The lowest BCUT2D eigenvalue weighted by Crippen LogP contribution is -2.38. The predicted molar refractivity (Wildman–Crippen MR) is 39.0 cm³/mol. The van der Waals surface area contributed by atoms with Gasteiger partial charge in [0.15, 0.2) is 0 Å². The quantitative estimate of drug-likeness (QED) is 0.471. The van der Waals surface area contributed by atoms with Crippen LogP contribution >= 0.6 is 0 Å². The van der Waals surface area contributed by atoms with Crippen molar-refractivity contribution in [1.29, 1.82) is 0 Å². The van der Waals surface area contributed by atoms with Crippen molar-refractivity contribution in [1.82, 2.24) is 10.6 Å². The molecule has 2 aliphatic rings. The highest BCUT2D eigenvalue weighted by Gasteiger charge is 2.28.